The maximum atomic E-state index is 12.6. The van der Waals surface area contributed by atoms with Crippen LogP contribution in [-0.2, 0) is 0 Å². The van der Waals surface area contributed by atoms with Gasteiger partial charge in [0.1, 0.15) is 10.8 Å². The minimum atomic E-state index is -0.113. The first-order chi connectivity index (χ1) is 9.66. The van der Waals surface area contributed by atoms with Gasteiger partial charge in [0, 0.05) is 17.6 Å². The molecule has 0 unspecified atom stereocenters. The van der Waals surface area contributed by atoms with Gasteiger partial charge >= 0.3 is 0 Å². The molecule has 0 saturated carbocycles. The number of carbonyl (C=O) groups excluding carboxylic acids is 1. The van der Waals surface area contributed by atoms with Crippen LogP contribution in [0.25, 0.3) is 0 Å². The Hall–Kier alpha value is -1.88. The van der Waals surface area contributed by atoms with Crippen molar-refractivity contribution < 1.29 is 9.90 Å². The van der Waals surface area contributed by atoms with E-state index in [0.29, 0.717) is 5.56 Å². The van der Waals surface area contributed by atoms with Crippen molar-refractivity contribution in [3.05, 3.63) is 45.9 Å². The highest BCUT2D eigenvalue weighted by Gasteiger charge is 2.33. The number of carbonyl (C=O) groups is 1. The molecular formula is C15H16N2O2S. The van der Waals surface area contributed by atoms with Crippen LogP contribution in [0.4, 0.5) is 0 Å². The zero-order valence-electron chi connectivity index (χ0n) is 11.2. The number of para-hydroxylation sites is 1. The number of aromatic hydroxyl groups is 1. The molecule has 1 fully saturated rings. The smallest absolute Gasteiger partial charge is 0.258 e. The fourth-order valence-corrected chi connectivity index (χ4v) is 3.54. The second kappa shape index (κ2) is 5.25. The number of aromatic nitrogens is 1. The van der Waals surface area contributed by atoms with Gasteiger partial charge in [0.15, 0.2) is 0 Å². The minimum Gasteiger partial charge on any atom is -0.507 e. The second-order valence-electron chi connectivity index (χ2n) is 5.00. The Morgan fingerprint density at radius 3 is 2.95 bits per heavy atom. The van der Waals surface area contributed by atoms with Crippen LogP contribution in [0.1, 0.15) is 39.9 Å². The number of amides is 1. The van der Waals surface area contributed by atoms with Gasteiger partial charge in [-0.3, -0.25) is 4.79 Å². The Morgan fingerprint density at radius 2 is 2.25 bits per heavy atom. The quantitative estimate of drug-likeness (QED) is 0.923. The van der Waals surface area contributed by atoms with E-state index in [2.05, 4.69) is 4.98 Å². The average molecular weight is 288 g/mol. The molecule has 5 heteroatoms. The van der Waals surface area contributed by atoms with Gasteiger partial charge in [-0.1, -0.05) is 12.1 Å². The van der Waals surface area contributed by atoms with E-state index in [4.69, 9.17) is 0 Å². The number of thiazole rings is 1. The molecule has 0 aliphatic carbocycles. The van der Waals surface area contributed by atoms with Crippen molar-refractivity contribution >= 4 is 17.2 Å². The number of phenols is 1. The van der Waals surface area contributed by atoms with Crippen molar-refractivity contribution in [3.8, 4) is 5.75 Å². The van der Waals surface area contributed by atoms with Crippen LogP contribution < -0.4 is 0 Å². The Bertz CT molecular complexity index is 638. The van der Waals surface area contributed by atoms with E-state index in [1.165, 1.54) is 0 Å². The third kappa shape index (κ3) is 2.29. The average Bonchev–Trinajstić information content (AvgIpc) is 3.06. The van der Waals surface area contributed by atoms with Crippen LogP contribution in [0.15, 0.2) is 29.6 Å². The lowest BCUT2D eigenvalue weighted by Crippen LogP contribution is -2.30. The molecule has 0 bridgehead atoms. The zero-order chi connectivity index (χ0) is 14.1. The number of nitrogens with zero attached hydrogens (tertiary/aromatic N) is 2. The highest BCUT2D eigenvalue weighted by molar-refractivity contribution is 7.09. The van der Waals surface area contributed by atoms with Crippen LogP contribution in [0.2, 0.25) is 0 Å². The van der Waals surface area contributed by atoms with Crippen LogP contribution >= 0.6 is 11.3 Å². The monoisotopic (exact) mass is 288 g/mol. The molecule has 1 atom stereocenters. The summed E-state index contributed by atoms with van der Waals surface area (Å²) in [5, 5.41) is 12.8. The highest BCUT2D eigenvalue weighted by atomic mass is 32.1. The molecule has 20 heavy (non-hydrogen) atoms. The van der Waals surface area contributed by atoms with Gasteiger partial charge in [-0.25, -0.2) is 4.98 Å². The van der Waals surface area contributed by atoms with E-state index in [9.17, 15) is 9.90 Å². The Balaban J connectivity index is 1.89. The summed E-state index contributed by atoms with van der Waals surface area (Å²) in [6.45, 7) is 2.68. The van der Waals surface area contributed by atoms with E-state index >= 15 is 0 Å². The first-order valence-corrected chi connectivity index (χ1v) is 7.56. The molecule has 2 aromatic rings. The van der Waals surface area contributed by atoms with E-state index in [1.807, 2.05) is 17.2 Å². The molecule has 0 radical (unpaired) electrons. The number of hydrogen-bond donors (Lipinski definition) is 1. The zero-order valence-corrected chi connectivity index (χ0v) is 12.1. The number of rotatable bonds is 2. The maximum absolute atomic E-state index is 12.6. The molecule has 1 aliphatic rings. The Kier molecular flexibility index (Phi) is 3.44. The lowest BCUT2D eigenvalue weighted by atomic mass is 10.1. The summed E-state index contributed by atoms with van der Waals surface area (Å²) < 4.78 is 0. The van der Waals surface area contributed by atoms with Gasteiger partial charge < -0.3 is 10.0 Å². The summed E-state index contributed by atoms with van der Waals surface area (Å²) in [6, 6.07) is 6.75. The molecule has 1 aromatic heterocycles. The van der Waals surface area contributed by atoms with Gasteiger partial charge in [0.05, 0.1) is 11.6 Å². The maximum Gasteiger partial charge on any atom is 0.258 e. The van der Waals surface area contributed by atoms with Crippen LogP contribution in [0.3, 0.4) is 0 Å². The Morgan fingerprint density at radius 1 is 1.45 bits per heavy atom. The van der Waals surface area contributed by atoms with E-state index < -0.39 is 0 Å². The first kappa shape index (κ1) is 13.1. The Labute approximate surface area is 121 Å². The third-order valence-electron chi connectivity index (χ3n) is 3.57. The number of benzene rings is 1. The fraction of sp³-hybridized carbons (Fsp3) is 0.333. The van der Waals surface area contributed by atoms with Crippen molar-refractivity contribution in [2.24, 2.45) is 0 Å². The van der Waals surface area contributed by atoms with Gasteiger partial charge in [0.25, 0.3) is 5.91 Å². The molecule has 4 nitrogen and oxygen atoms in total. The molecule has 1 saturated heterocycles. The second-order valence-corrected chi connectivity index (χ2v) is 5.89. The SMILES string of the molecule is Cc1csc([C@H]2CCCN2C(=O)c2ccccc2O)n1. The fourth-order valence-electron chi connectivity index (χ4n) is 2.60. The number of phenolic OH excluding ortho intramolecular Hbond substituents is 1. The highest BCUT2D eigenvalue weighted by Crippen LogP contribution is 2.35. The predicted octanol–water partition coefficient (Wildman–Crippen LogP) is 3.13. The first-order valence-electron chi connectivity index (χ1n) is 6.68. The summed E-state index contributed by atoms with van der Waals surface area (Å²) in [6.07, 6.45) is 1.91. The van der Waals surface area contributed by atoms with E-state index in [-0.39, 0.29) is 17.7 Å². The van der Waals surface area contributed by atoms with E-state index in [1.54, 1.807) is 35.6 Å². The van der Waals surface area contributed by atoms with Gasteiger partial charge in [-0.15, -0.1) is 11.3 Å². The molecular weight excluding hydrogens is 272 g/mol. The standard InChI is InChI=1S/C15H16N2O2S/c1-10-9-20-14(16-10)12-6-4-8-17(12)15(19)11-5-2-3-7-13(11)18/h2-3,5,7,9,12,18H,4,6,8H2,1H3/t12-/m1/s1. The molecule has 2 heterocycles. The molecule has 1 amide bonds. The van der Waals surface area contributed by atoms with Crippen molar-refractivity contribution in [1.29, 1.82) is 0 Å². The normalized spacial score (nSPS) is 18.4. The van der Waals surface area contributed by atoms with Crippen LogP contribution in [0.5, 0.6) is 5.75 Å². The van der Waals surface area contributed by atoms with Crippen molar-refractivity contribution in [2.45, 2.75) is 25.8 Å². The summed E-state index contributed by atoms with van der Waals surface area (Å²) in [7, 11) is 0. The largest absolute Gasteiger partial charge is 0.507 e. The number of aryl methyl sites for hydroxylation is 1. The molecule has 1 aliphatic heterocycles. The van der Waals surface area contributed by atoms with Gasteiger partial charge in [0.2, 0.25) is 0 Å². The molecule has 104 valence electrons. The number of hydrogen-bond acceptors (Lipinski definition) is 4. The van der Waals surface area contributed by atoms with Gasteiger partial charge in [-0.2, -0.15) is 0 Å². The van der Waals surface area contributed by atoms with Crippen molar-refractivity contribution in [1.82, 2.24) is 9.88 Å². The lowest BCUT2D eigenvalue weighted by Gasteiger charge is -2.23. The molecule has 1 N–H and O–H groups in total. The van der Waals surface area contributed by atoms with Crippen LogP contribution in [-0.4, -0.2) is 27.4 Å². The third-order valence-corrected chi connectivity index (χ3v) is 4.63. The van der Waals surface area contributed by atoms with Gasteiger partial charge in [-0.05, 0) is 31.9 Å². The minimum absolute atomic E-state index is 0.0402. The topological polar surface area (TPSA) is 53.4 Å². The molecule has 0 spiro atoms. The summed E-state index contributed by atoms with van der Waals surface area (Å²) in [4.78, 5) is 18.9. The molecule has 1 aromatic carbocycles. The summed E-state index contributed by atoms with van der Waals surface area (Å²) >= 11 is 1.60. The lowest BCUT2D eigenvalue weighted by molar-refractivity contribution is 0.0732. The van der Waals surface area contributed by atoms with Crippen molar-refractivity contribution in [3.63, 3.8) is 0 Å². The van der Waals surface area contributed by atoms with Crippen molar-refractivity contribution in [2.75, 3.05) is 6.54 Å². The molecule has 3 rings (SSSR count). The predicted molar refractivity (Wildman–Crippen MR) is 78.0 cm³/mol. The van der Waals surface area contributed by atoms with E-state index in [0.717, 1.165) is 30.1 Å². The number of likely N-dealkylation sites (tertiary alicyclic amines) is 1. The van der Waals surface area contributed by atoms with Crippen LogP contribution in [0, 0.1) is 6.92 Å². The summed E-state index contributed by atoms with van der Waals surface area (Å²) in [5.41, 5.74) is 1.36. The summed E-state index contributed by atoms with van der Waals surface area (Å²) in [5.74, 6) is -0.0723.